The molecule has 1 aliphatic rings. The number of aryl methyl sites for hydroxylation is 1. The summed E-state index contributed by atoms with van der Waals surface area (Å²) >= 11 is 0. The first-order chi connectivity index (χ1) is 12.3. The third kappa shape index (κ3) is 3.85. The second kappa shape index (κ2) is 7.03. The smallest absolute Gasteiger partial charge is 0.257 e. The van der Waals surface area contributed by atoms with Crippen molar-refractivity contribution in [3.63, 3.8) is 0 Å². The maximum absolute atomic E-state index is 13.1. The van der Waals surface area contributed by atoms with Gasteiger partial charge in [0.2, 0.25) is 5.95 Å². The fourth-order valence-electron chi connectivity index (χ4n) is 3.12. The van der Waals surface area contributed by atoms with E-state index >= 15 is 0 Å². The number of anilines is 1. The molecule has 2 aromatic rings. The molecule has 0 radical (unpaired) electrons. The Balaban J connectivity index is 1.90. The monoisotopic (exact) mass is 354 g/mol. The quantitative estimate of drug-likeness (QED) is 0.896. The van der Waals surface area contributed by atoms with Crippen molar-refractivity contribution in [2.45, 2.75) is 39.9 Å². The molecular weight excluding hydrogens is 328 g/mol. The Morgan fingerprint density at radius 2 is 1.92 bits per heavy atom. The van der Waals surface area contributed by atoms with Crippen LogP contribution >= 0.6 is 0 Å². The second-order valence-electron chi connectivity index (χ2n) is 7.83. The van der Waals surface area contributed by atoms with Crippen LogP contribution in [0.4, 0.5) is 5.95 Å². The predicted octanol–water partition coefficient (Wildman–Crippen LogP) is 3.00. The summed E-state index contributed by atoms with van der Waals surface area (Å²) in [4.78, 5) is 23.1. The number of benzene rings is 1. The van der Waals surface area contributed by atoms with E-state index in [-0.39, 0.29) is 29.5 Å². The summed E-state index contributed by atoms with van der Waals surface area (Å²) in [5.41, 5.74) is 7.69. The molecule has 2 N–H and O–H groups in total. The van der Waals surface area contributed by atoms with Crippen molar-refractivity contribution >= 4 is 11.9 Å². The summed E-state index contributed by atoms with van der Waals surface area (Å²) < 4.78 is 6.36. The Bertz CT molecular complexity index is 786. The molecule has 1 aromatic carbocycles. The number of nitrogens with two attached hydrogens (primary N) is 1. The Morgan fingerprint density at radius 1 is 1.23 bits per heavy atom. The summed E-state index contributed by atoms with van der Waals surface area (Å²) in [7, 11) is 0. The van der Waals surface area contributed by atoms with Crippen LogP contribution in [0.3, 0.4) is 0 Å². The Hall–Kier alpha value is -2.47. The second-order valence-corrected chi connectivity index (χ2v) is 7.83. The highest BCUT2D eigenvalue weighted by Gasteiger charge is 2.38. The largest absolute Gasteiger partial charge is 0.368 e. The van der Waals surface area contributed by atoms with Crippen molar-refractivity contribution in [3.8, 4) is 0 Å². The number of ether oxygens (including phenoxy) is 1. The van der Waals surface area contributed by atoms with E-state index in [1.807, 2.05) is 35.2 Å². The van der Waals surface area contributed by atoms with Crippen molar-refractivity contribution in [2.24, 2.45) is 5.41 Å². The summed E-state index contributed by atoms with van der Waals surface area (Å²) in [6.07, 6.45) is 1.28. The molecule has 0 unspecified atom stereocenters. The first-order valence-corrected chi connectivity index (χ1v) is 8.84. The van der Waals surface area contributed by atoms with Gasteiger partial charge in [0, 0.05) is 12.7 Å². The van der Waals surface area contributed by atoms with Gasteiger partial charge in [0.25, 0.3) is 5.91 Å². The number of hydrogen-bond acceptors (Lipinski definition) is 5. The lowest BCUT2D eigenvalue weighted by atomic mass is 9.87. The van der Waals surface area contributed by atoms with Gasteiger partial charge in [-0.2, -0.15) is 0 Å². The van der Waals surface area contributed by atoms with E-state index in [1.165, 1.54) is 6.20 Å². The number of carbonyl (C=O) groups is 1. The summed E-state index contributed by atoms with van der Waals surface area (Å²) in [6.45, 7) is 9.21. The molecule has 26 heavy (non-hydrogen) atoms. The highest BCUT2D eigenvalue weighted by Crippen LogP contribution is 2.34. The van der Waals surface area contributed by atoms with Gasteiger partial charge in [0.1, 0.15) is 6.10 Å². The fourth-order valence-corrected chi connectivity index (χ4v) is 3.12. The number of rotatable bonds is 2. The fraction of sp³-hybridized carbons (Fsp3) is 0.450. The zero-order chi connectivity index (χ0) is 18.9. The van der Waals surface area contributed by atoms with Gasteiger partial charge in [0.05, 0.1) is 23.9 Å². The average molecular weight is 354 g/mol. The SMILES string of the molecule is Cc1nc(N)ncc1C(=O)N1C[C@@H](c2ccccc2)O[C@@H](C(C)(C)C)C1. The van der Waals surface area contributed by atoms with Crippen molar-refractivity contribution < 1.29 is 9.53 Å². The van der Waals surface area contributed by atoms with Gasteiger partial charge in [-0.1, -0.05) is 51.1 Å². The predicted molar refractivity (Wildman–Crippen MR) is 101 cm³/mol. The minimum absolute atomic E-state index is 0.0691. The standard InChI is InChI=1S/C20H26N4O2/c1-13-15(10-22-19(21)23-13)18(25)24-11-16(14-8-6-5-7-9-14)26-17(12-24)20(2,3)4/h5-10,16-17H,11-12H2,1-4H3,(H2,21,22,23)/t16-,17+/m0/s1. The van der Waals surface area contributed by atoms with Gasteiger partial charge in [-0.3, -0.25) is 4.79 Å². The van der Waals surface area contributed by atoms with Crippen molar-refractivity contribution in [1.82, 2.24) is 14.9 Å². The van der Waals surface area contributed by atoms with Crippen LogP contribution in [-0.4, -0.2) is 40.0 Å². The first-order valence-electron chi connectivity index (χ1n) is 8.84. The molecule has 0 bridgehead atoms. The number of aromatic nitrogens is 2. The number of nitrogens with zero attached hydrogens (tertiary/aromatic N) is 3. The normalized spacial score (nSPS) is 20.8. The van der Waals surface area contributed by atoms with E-state index in [4.69, 9.17) is 10.5 Å². The van der Waals surface area contributed by atoms with Crippen LogP contribution in [0.1, 0.15) is 48.5 Å². The molecule has 1 aromatic heterocycles. The number of carbonyl (C=O) groups excluding carboxylic acids is 1. The molecule has 0 spiro atoms. The van der Waals surface area contributed by atoms with Crippen molar-refractivity contribution in [2.75, 3.05) is 18.8 Å². The van der Waals surface area contributed by atoms with Crippen LogP contribution in [0, 0.1) is 12.3 Å². The van der Waals surface area contributed by atoms with Gasteiger partial charge in [-0.15, -0.1) is 0 Å². The topological polar surface area (TPSA) is 81.3 Å². The molecule has 138 valence electrons. The van der Waals surface area contributed by atoms with E-state index in [9.17, 15) is 4.79 Å². The van der Waals surface area contributed by atoms with E-state index in [0.29, 0.717) is 24.3 Å². The number of amides is 1. The Morgan fingerprint density at radius 3 is 2.54 bits per heavy atom. The molecular formula is C20H26N4O2. The first kappa shape index (κ1) is 18.3. The molecule has 0 saturated carbocycles. The van der Waals surface area contributed by atoms with Gasteiger partial charge < -0.3 is 15.4 Å². The molecule has 1 aliphatic heterocycles. The van der Waals surface area contributed by atoms with Gasteiger partial charge >= 0.3 is 0 Å². The summed E-state index contributed by atoms with van der Waals surface area (Å²) in [5.74, 6) is 0.0942. The third-order valence-electron chi connectivity index (χ3n) is 4.75. The molecule has 1 saturated heterocycles. The molecule has 1 fully saturated rings. The highest BCUT2D eigenvalue weighted by atomic mass is 16.5. The number of hydrogen-bond donors (Lipinski definition) is 1. The number of morpholine rings is 1. The van der Waals surface area contributed by atoms with Crippen LogP contribution in [-0.2, 0) is 4.74 Å². The summed E-state index contributed by atoms with van der Waals surface area (Å²) in [5, 5.41) is 0. The third-order valence-corrected chi connectivity index (χ3v) is 4.75. The lowest BCUT2D eigenvalue weighted by Crippen LogP contribution is -2.51. The van der Waals surface area contributed by atoms with Gasteiger partial charge in [-0.05, 0) is 17.9 Å². The average Bonchev–Trinajstić information content (AvgIpc) is 2.61. The molecule has 0 aliphatic carbocycles. The Labute approximate surface area is 154 Å². The van der Waals surface area contributed by atoms with Crippen molar-refractivity contribution in [1.29, 1.82) is 0 Å². The Kier molecular flexibility index (Phi) is 4.96. The van der Waals surface area contributed by atoms with E-state index < -0.39 is 0 Å². The lowest BCUT2D eigenvalue weighted by molar-refractivity contribution is -0.119. The maximum Gasteiger partial charge on any atom is 0.257 e. The summed E-state index contributed by atoms with van der Waals surface area (Å²) in [6, 6.07) is 10.0. The lowest BCUT2D eigenvalue weighted by Gasteiger charge is -2.43. The van der Waals surface area contributed by atoms with Crippen LogP contribution in [0.5, 0.6) is 0 Å². The molecule has 2 atom stereocenters. The van der Waals surface area contributed by atoms with Crippen LogP contribution in [0.15, 0.2) is 36.5 Å². The molecule has 1 amide bonds. The van der Waals surface area contributed by atoms with E-state index in [0.717, 1.165) is 5.56 Å². The minimum atomic E-state index is -0.159. The molecule has 6 nitrogen and oxygen atoms in total. The van der Waals surface area contributed by atoms with Crippen LogP contribution in [0.25, 0.3) is 0 Å². The van der Waals surface area contributed by atoms with Crippen LogP contribution in [0.2, 0.25) is 0 Å². The minimum Gasteiger partial charge on any atom is -0.368 e. The maximum atomic E-state index is 13.1. The van der Waals surface area contributed by atoms with Gasteiger partial charge in [-0.25, -0.2) is 9.97 Å². The van der Waals surface area contributed by atoms with E-state index in [1.54, 1.807) is 6.92 Å². The van der Waals surface area contributed by atoms with E-state index in [2.05, 4.69) is 30.7 Å². The zero-order valence-electron chi connectivity index (χ0n) is 15.8. The van der Waals surface area contributed by atoms with Gasteiger partial charge in [0.15, 0.2) is 0 Å². The molecule has 6 heteroatoms. The molecule has 2 heterocycles. The highest BCUT2D eigenvalue weighted by molar-refractivity contribution is 5.95. The molecule has 3 rings (SSSR count). The zero-order valence-corrected chi connectivity index (χ0v) is 15.8. The number of nitrogen functional groups attached to an aromatic ring is 1. The van der Waals surface area contributed by atoms with Crippen molar-refractivity contribution in [3.05, 3.63) is 53.3 Å². The van der Waals surface area contributed by atoms with Crippen LogP contribution < -0.4 is 5.73 Å².